The quantitative estimate of drug-likeness (QED) is 0.895. The summed E-state index contributed by atoms with van der Waals surface area (Å²) in [6.45, 7) is 0. The van der Waals surface area contributed by atoms with E-state index < -0.39 is 17.6 Å². The molecule has 1 heterocycles. The highest BCUT2D eigenvalue weighted by Gasteiger charge is 2.11. The van der Waals surface area contributed by atoms with Crippen molar-refractivity contribution in [3.05, 3.63) is 47.7 Å². The first-order valence-corrected chi connectivity index (χ1v) is 4.51. The first-order valence-electron chi connectivity index (χ1n) is 4.51. The largest absolute Gasteiger partial charge is 0.475 e. The molecule has 0 unspecified atom stereocenters. The summed E-state index contributed by atoms with van der Waals surface area (Å²) in [6, 6.07) is 5.01. The van der Waals surface area contributed by atoms with E-state index in [-0.39, 0.29) is 17.5 Å². The molecule has 0 radical (unpaired) electrons. The molecule has 0 aliphatic heterocycles. The van der Waals surface area contributed by atoms with Crippen molar-refractivity contribution in [1.29, 1.82) is 0 Å². The van der Waals surface area contributed by atoms with Crippen LogP contribution in [0.1, 0.15) is 10.6 Å². The lowest BCUT2D eigenvalue weighted by atomic mass is 10.3. The Hall–Kier alpha value is -2.37. The molecule has 4 nitrogen and oxygen atoms in total. The molecule has 0 bridgehead atoms. The maximum atomic E-state index is 12.8. The maximum Gasteiger partial charge on any atom is 0.371 e. The number of halogens is 2. The van der Waals surface area contributed by atoms with Gasteiger partial charge in [-0.1, -0.05) is 0 Å². The molecule has 6 heteroatoms. The Kier molecular flexibility index (Phi) is 2.78. The highest BCUT2D eigenvalue weighted by atomic mass is 19.1. The fourth-order valence-corrected chi connectivity index (χ4v) is 1.19. The van der Waals surface area contributed by atoms with Gasteiger partial charge in [0, 0.05) is 24.3 Å². The minimum atomic E-state index is -1.26. The van der Waals surface area contributed by atoms with Crippen molar-refractivity contribution in [3.8, 4) is 11.7 Å². The van der Waals surface area contributed by atoms with Crippen molar-refractivity contribution in [2.24, 2.45) is 0 Å². The molecule has 17 heavy (non-hydrogen) atoms. The summed E-state index contributed by atoms with van der Waals surface area (Å²) in [5.74, 6) is -3.46. The summed E-state index contributed by atoms with van der Waals surface area (Å²) < 4.78 is 35.4. The Balaban J connectivity index is 2.22. The van der Waals surface area contributed by atoms with Crippen LogP contribution in [0.2, 0.25) is 0 Å². The van der Waals surface area contributed by atoms with Crippen molar-refractivity contribution in [2.75, 3.05) is 0 Å². The molecule has 0 saturated heterocycles. The van der Waals surface area contributed by atoms with E-state index in [9.17, 15) is 13.6 Å². The van der Waals surface area contributed by atoms with E-state index >= 15 is 0 Å². The first-order chi connectivity index (χ1) is 8.04. The van der Waals surface area contributed by atoms with Gasteiger partial charge in [-0.15, -0.1) is 0 Å². The van der Waals surface area contributed by atoms with Gasteiger partial charge in [-0.05, 0) is 6.07 Å². The number of carboxylic acids is 1. The van der Waals surface area contributed by atoms with Crippen LogP contribution in [0, 0.1) is 11.6 Å². The summed E-state index contributed by atoms with van der Waals surface area (Å²) in [5, 5.41) is 8.58. The number of carboxylic acid groups (broad SMARTS) is 1. The highest BCUT2D eigenvalue weighted by Crippen LogP contribution is 2.25. The molecule has 0 spiro atoms. The number of furan rings is 1. The van der Waals surface area contributed by atoms with Crippen LogP contribution in [0.15, 0.2) is 34.7 Å². The molecule has 1 aromatic heterocycles. The summed E-state index contributed by atoms with van der Waals surface area (Å²) in [5.41, 5.74) is 0. The second kappa shape index (κ2) is 4.25. The molecule has 2 rings (SSSR count). The summed E-state index contributed by atoms with van der Waals surface area (Å²) in [6.07, 6.45) is 0. The van der Waals surface area contributed by atoms with Gasteiger partial charge < -0.3 is 14.3 Å². The number of aromatic carboxylic acids is 1. The van der Waals surface area contributed by atoms with E-state index in [1.165, 1.54) is 12.1 Å². The van der Waals surface area contributed by atoms with Crippen LogP contribution in [0.25, 0.3) is 0 Å². The third-order valence-electron chi connectivity index (χ3n) is 1.85. The fraction of sp³-hybridized carbons (Fsp3) is 0. The Morgan fingerprint density at radius 2 is 1.82 bits per heavy atom. The molecule has 1 aromatic carbocycles. The van der Waals surface area contributed by atoms with E-state index in [4.69, 9.17) is 14.3 Å². The molecule has 0 saturated carbocycles. The number of rotatable bonds is 3. The predicted molar refractivity (Wildman–Crippen MR) is 52.1 cm³/mol. The summed E-state index contributed by atoms with van der Waals surface area (Å²) >= 11 is 0. The third-order valence-corrected chi connectivity index (χ3v) is 1.85. The number of hydrogen-bond donors (Lipinski definition) is 1. The van der Waals surface area contributed by atoms with Gasteiger partial charge in [-0.3, -0.25) is 0 Å². The summed E-state index contributed by atoms with van der Waals surface area (Å²) in [7, 11) is 0. The number of ether oxygens (including phenoxy) is 1. The zero-order valence-corrected chi connectivity index (χ0v) is 8.31. The van der Waals surface area contributed by atoms with Crippen molar-refractivity contribution >= 4 is 5.97 Å². The van der Waals surface area contributed by atoms with Crippen LogP contribution in [0.4, 0.5) is 8.78 Å². The van der Waals surface area contributed by atoms with Crippen LogP contribution in [0.3, 0.4) is 0 Å². The Labute approximate surface area is 94.0 Å². The normalized spacial score (nSPS) is 10.2. The van der Waals surface area contributed by atoms with E-state index in [1.807, 2.05) is 0 Å². The Morgan fingerprint density at radius 1 is 1.18 bits per heavy atom. The van der Waals surface area contributed by atoms with Gasteiger partial charge in [-0.25, -0.2) is 13.6 Å². The van der Waals surface area contributed by atoms with Crippen molar-refractivity contribution in [1.82, 2.24) is 0 Å². The van der Waals surface area contributed by atoms with Crippen LogP contribution in [-0.4, -0.2) is 11.1 Å². The lowest BCUT2D eigenvalue weighted by Crippen LogP contribution is -1.91. The lowest BCUT2D eigenvalue weighted by Gasteiger charge is -2.01. The average Bonchev–Trinajstić information content (AvgIpc) is 2.64. The molecule has 0 aliphatic carbocycles. The van der Waals surface area contributed by atoms with Gasteiger partial charge in [0.2, 0.25) is 5.76 Å². The van der Waals surface area contributed by atoms with Crippen LogP contribution >= 0.6 is 0 Å². The summed E-state index contributed by atoms with van der Waals surface area (Å²) in [4.78, 5) is 10.5. The predicted octanol–water partition coefficient (Wildman–Crippen LogP) is 3.05. The van der Waals surface area contributed by atoms with Gasteiger partial charge in [-0.2, -0.15) is 0 Å². The van der Waals surface area contributed by atoms with Crippen molar-refractivity contribution in [3.63, 3.8) is 0 Å². The van der Waals surface area contributed by atoms with Crippen molar-refractivity contribution < 1.29 is 27.8 Å². The zero-order valence-electron chi connectivity index (χ0n) is 8.31. The van der Waals surface area contributed by atoms with Crippen LogP contribution < -0.4 is 4.74 Å². The molecule has 0 amide bonds. The minimum absolute atomic E-state index is 0.117. The van der Waals surface area contributed by atoms with E-state index in [1.54, 1.807) is 0 Å². The SMILES string of the molecule is O=C(O)c1ccc(Oc2cc(F)cc(F)c2)o1. The standard InChI is InChI=1S/C11H6F2O4/c12-6-3-7(13)5-8(4-6)16-10-2-1-9(17-10)11(14)15/h1-5H,(H,14,15). The Bertz CT molecular complexity index is 542. The van der Waals surface area contributed by atoms with E-state index in [2.05, 4.69) is 0 Å². The number of hydrogen-bond acceptors (Lipinski definition) is 3. The van der Waals surface area contributed by atoms with Gasteiger partial charge in [0.1, 0.15) is 17.4 Å². The molecule has 88 valence electrons. The molecule has 0 aliphatic rings. The van der Waals surface area contributed by atoms with E-state index in [0.717, 1.165) is 12.1 Å². The molecular formula is C11H6F2O4. The second-order valence-electron chi connectivity index (χ2n) is 3.13. The van der Waals surface area contributed by atoms with Gasteiger partial charge in [0.05, 0.1) is 0 Å². The van der Waals surface area contributed by atoms with E-state index in [0.29, 0.717) is 6.07 Å². The molecular weight excluding hydrogens is 234 g/mol. The second-order valence-corrected chi connectivity index (χ2v) is 3.13. The molecule has 0 atom stereocenters. The number of benzene rings is 1. The maximum absolute atomic E-state index is 12.8. The monoisotopic (exact) mass is 240 g/mol. The number of carbonyl (C=O) groups is 1. The third kappa shape index (κ3) is 2.60. The Morgan fingerprint density at radius 3 is 2.35 bits per heavy atom. The zero-order chi connectivity index (χ0) is 12.4. The molecule has 2 aromatic rings. The first kappa shape index (κ1) is 11.1. The fourth-order valence-electron chi connectivity index (χ4n) is 1.19. The van der Waals surface area contributed by atoms with Crippen LogP contribution in [-0.2, 0) is 0 Å². The van der Waals surface area contributed by atoms with Gasteiger partial charge in [0.15, 0.2) is 0 Å². The van der Waals surface area contributed by atoms with Crippen molar-refractivity contribution in [2.45, 2.75) is 0 Å². The topological polar surface area (TPSA) is 59.7 Å². The van der Waals surface area contributed by atoms with Crippen LogP contribution in [0.5, 0.6) is 11.7 Å². The van der Waals surface area contributed by atoms with Gasteiger partial charge >= 0.3 is 5.97 Å². The smallest absolute Gasteiger partial charge is 0.371 e. The molecule has 0 fully saturated rings. The average molecular weight is 240 g/mol. The van der Waals surface area contributed by atoms with Gasteiger partial charge in [0.25, 0.3) is 5.95 Å². The lowest BCUT2D eigenvalue weighted by molar-refractivity contribution is 0.0657. The highest BCUT2D eigenvalue weighted by molar-refractivity contribution is 5.84. The minimum Gasteiger partial charge on any atom is -0.475 e. The molecule has 1 N–H and O–H groups in total.